The van der Waals surface area contributed by atoms with E-state index in [1.807, 2.05) is 0 Å². The van der Waals surface area contributed by atoms with Crippen LogP contribution >= 0.6 is 0 Å². The highest BCUT2D eigenvalue weighted by atomic mass is 15.3. The second kappa shape index (κ2) is 4.37. The molecule has 0 unspecified atom stereocenters. The van der Waals surface area contributed by atoms with Gasteiger partial charge in [-0.3, -0.25) is 0 Å². The van der Waals surface area contributed by atoms with Gasteiger partial charge in [-0.15, -0.1) is 5.10 Å². The lowest BCUT2D eigenvalue weighted by Gasteiger charge is -2.28. The fourth-order valence-corrected chi connectivity index (χ4v) is 2.53. The van der Waals surface area contributed by atoms with Crippen LogP contribution in [-0.4, -0.2) is 36.4 Å². The Balaban J connectivity index is 1.84. The molecule has 0 amide bonds. The number of nitrogens with zero attached hydrogens (tertiary/aromatic N) is 3. The van der Waals surface area contributed by atoms with Crippen molar-refractivity contribution in [1.82, 2.24) is 15.5 Å². The molecule has 2 aliphatic rings. The summed E-state index contributed by atoms with van der Waals surface area (Å²) in [5, 5.41) is 12.1. The number of fused-ring (bicyclic) bond motifs is 1. The average Bonchev–Trinajstić information content (AvgIpc) is 2.39. The van der Waals surface area contributed by atoms with Crippen molar-refractivity contribution in [2.75, 3.05) is 31.1 Å². The molecule has 1 N–H and O–H groups in total. The monoisotopic (exact) mass is 218 g/mol. The molecule has 0 saturated carbocycles. The van der Waals surface area contributed by atoms with Crippen LogP contribution in [-0.2, 0) is 12.8 Å². The van der Waals surface area contributed by atoms with Crippen LogP contribution in [0.15, 0.2) is 6.07 Å². The molecule has 1 aliphatic heterocycles. The Hall–Kier alpha value is -1.16. The Morgan fingerprint density at radius 2 is 1.88 bits per heavy atom. The van der Waals surface area contributed by atoms with E-state index in [1.54, 1.807) is 0 Å². The summed E-state index contributed by atoms with van der Waals surface area (Å²) in [5.74, 6) is 1.07. The van der Waals surface area contributed by atoms with Gasteiger partial charge in [-0.1, -0.05) is 0 Å². The predicted molar refractivity (Wildman–Crippen MR) is 63.8 cm³/mol. The van der Waals surface area contributed by atoms with Crippen LogP contribution in [0.3, 0.4) is 0 Å². The van der Waals surface area contributed by atoms with E-state index >= 15 is 0 Å². The zero-order valence-corrected chi connectivity index (χ0v) is 9.58. The lowest BCUT2D eigenvalue weighted by Crippen LogP contribution is -2.44. The third kappa shape index (κ3) is 1.89. The third-order valence-electron chi connectivity index (χ3n) is 3.50. The first-order valence-electron chi connectivity index (χ1n) is 6.24. The number of nitrogens with one attached hydrogen (secondary N) is 1. The van der Waals surface area contributed by atoms with Crippen molar-refractivity contribution in [1.29, 1.82) is 0 Å². The maximum atomic E-state index is 4.38. The Morgan fingerprint density at radius 3 is 2.75 bits per heavy atom. The topological polar surface area (TPSA) is 41.0 Å². The third-order valence-corrected chi connectivity index (χ3v) is 3.50. The van der Waals surface area contributed by atoms with Crippen LogP contribution in [0.25, 0.3) is 0 Å². The number of hydrogen-bond acceptors (Lipinski definition) is 4. The van der Waals surface area contributed by atoms with E-state index in [9.17, 15) is 0 Å². The van der Waals surface area contributed by atoms with Crippen LogP contribution in [0.2, 0.25) is 0 Å². The van der Waals surface area contributed by atoms with Crippen molar-refractivity contribution >= 4 is 5.82 Å². The molecule has 1 fully saturated rings. The van der Waals surface area contributed by atoms with Crippen molar-refractivity contribution in [3.05, 3.63) is 17.3 Å². The summed E-state index contributed by atoms with van der Waals surface area (Å²) < 4.78 is 0. The maximum Gasteiger partial charge on any atom is 0.151 e. The van der Waals surface area contributed by atoms with E-state index in [0.29, 0.717) is 0 Å². The fourth-order valence-electron chi connectivity index (χ4n) is 2.53. The maximum absolute atomic E-state index is 4.38. The number of aromatic nitrogens is 2. The molecule has 0 bridgehead atoms. The zero-order chi connectivity index (χ0) is 10.8. The fraction of sp³-hybridized carbons (Fsp3) is 0.667. The first-order chi connectivity index (χ1) is 7.93. The minimum atomic E-state index is 1.05. The van der Waals surface area contributed by atoms with Crippen molar-refractivity contribution in [3.63, 3.8) is 0 Å². The number of rotatable bonds is 1. The number of anilines is 1. The lowest BCUT2D eigenvalue weighted by atomic mass is 9.97. The Labute approximate surface area is 96.1 Å². The molecule has 0 atom stereocenters. The number of aryl methyl sites for hydroxylation is 2. The molecule has 86 valence electrons. The van der Waals surface area contributed by atoms with Gasteiger partial charge < -0.3 is 10.2 Å². The zero-order valence-electron chi connectivity index (χ0n) is 9.58. The molecule has 1 aromatic rings. The van der Waals surface area contributed by atoms with E-state index in [4.69, 9.17) is 0 Å². The van der Waals surface area contributed by atoms with Crippen molar-refractivity contribution < 1.29 is 0 Å². The Kier molecular flexibility index (Phi) is 2.74. The van der Waals surface area contributed by atoms with Crippen molar-refractivity contribution in [2.24, 2.45) is 0 Å². The van der Waals surface area contributed by atoms with Crippen LogP contribution < -0.4 is 10.2 Å². The summed E-state index contributed by atoms with van der Waals surface area (Å²) in [6, 6.07) is 2.26. The molecule has 0 aromatic carbocycles. The Morgan fingerprint density at radius 1 is 1.06 bits per heavy atom. The molecule has 0 spiro atoms. The summed E-state index contributed by atoms with van der Waals surface area (Å²) in [7, 11) is 0. The minimum absolute atomic E-state index is 1.05. The summed E-state index contributed by atoms with van der Waals surface area (Å²) in [6.07, 6.45) is 4.88. The van der Waals surface area contributed by atoms with Gasteiger partial charge in [0.15, 0.2) is 5.82 Å². The largest absolute Gasteiger partial charge is 0.353 e. The molecule has 1 saturated heterocycles. The molecule has 0 radical (unpaired) electrons. The second-order valence-electron chi connectivity index (χ2n) is 4.62. The smallest absolute Gasteiger partial charge is 0.151 e. The van der Waals surface area contributed by atoms with Gasteiger partial charge in [-0.25, -0.2) is 0 Å². The summed E-state index contributed by atoms with van der Waals surface area (Å²) in [6.45, 7) is 4.21. The van der Waals surface area contributed by atoms with Crippen LogP contribution in [0.5, 0.6) is 0 Å². The molecular weight excluding hydrogens is 200 g/mol. The number of piperazine rings is 1. The molecular formula is C12H18N4. The van der Waals surface area contributed by atoms with Crippen LogP contribution in [0, 0.1) is 0 Å². The highest BCUT2D eigenvalue weighted by Gasteiger charge is 2.16. The van der Waals surface area contributed by atoms with Gasteiger partial charge in [0.05, 0.1) is 5.69 Å². The van der Waals surface area contributed by atoms with Gasteiger partial charge in [0.1, 0.15) is 0 Å². The highest BCUT2D eigenvalue weighted by molar-refractivity contribution is 5.42. The van der Waals surface area contributed by atoms with E-state index in [1.165, 1.54) is 30.5 Å². The molecule has 2 heterocycles. The average molecular weight is 218 g/mol. The van der Waals surface area contributed by atoms with Crippen molar-refractivity contribution in [3.8, 4) is 0 Å². The first-order valence-corrected chi connectivity index (χ1v) is 6.24. The number of hydrogen-bond donors (Lipinski definition) is 1. The minimum Gasteiger partial charge on any atom is -0.353 e. The van der Waals surface area contributed by atoms with Gasteiger partial charge in [-0.05, 0) is 37.3 Å². The summed E-state index contributed by atoms with van der Waals surface area (Å²) in [4.78, 5) is 2.33. The normalized spacial score (nSPS) is 20.6. The van der Waals surface area contributed by atoms with Gasteiger partial charge in [0.25, 0.3) is 0 Å². The van der Waals surface area contributed by atoms with E-state index in [2.05, 4.69) is 26.5 Å². The molecule has 3 rings (SSSR count). The molecule has 4 heteroatoms. The second-order valence-corrected chi connectivity index (χ2v) is 4.62. The molecule has 4 nitrogen and oxygen atoms in total. The van der Waals surface area contributed by atoms with Gasteiger partial charge in [0.2, 0.25) is 0 Å². The summed E-state index contributed by atoms with van der Waals surface area (Å²) >= 11 is 0. The highest BCUT2D eigenvalue weighted by Crippen LogP contribution is 2.22. The molecule has 16 heavy (non-hydrogen) atoms. The molecule has 1 aromatic heterocycles. The van der Waals surface area contributed by atoms with E-state index in [0.717, 1.165) is 38.4 Å². The summed E-state index contributed by atoms with van der Waals surface area (Å²) in [5.41, 5.74) is 2.65. The van der Waals surface area contributed by atoms with E-state index in [-0.39, 0.29) is 0 Å². The van der Waals surface area contributed by atoms with E-state index < -0.39 is 0 Å². The quantitative estimate of drug-likeness (QED) is 0.756. The van der Waals surface area contributed by atoms with Gasteiger partial charge in [0, 0.05) is 26.2 Å². The van der Waals surface area contributed by atoms with Crippen LogP contribution in [0.4, 0.5) is 5.82 Å². The Bertz CT molecular complexity index is 371. The van der Waals surface area contributed by atoms with Crippen LogP contribution in [0.1, 0.15) is 24.1 Å². The van der Waals surface area contributed by atoms with Crippen molar-refractivity contribution in [2.45, 2.75) is 25.7 Å². The first kappa shape index (κ1) is 10.0. The van der Waals surface area contributed by atoms with Gasteiger partial charge >= 0.3 is 0 Å². The van der Waals surface area contributed by atoms with Gasteiger partial charge in [-0.2, -0.15) is 5.10 Å². The SMILES string of the molecule is c1c(N2CCNCC2)nnc2c1CCCC2. The predicted octanol–water partition coefficient (Wildman–Crippen LogP) is 0.765. The standard InChI is InChI=1S/C12H18N4/c1-2-4-11-10(3-1)9-12(15-14-11)16-7-5-13-6-8-16/h9,13H,1-8H2. The molecule has 1 aliphatic carbocycles. The lowest BCUT2D eigenvalue weighted by molar-refractivity contribution is 0.578.